The Balaban J connectivity index is 1.93. The van der Waals surface area contributed by atoms with Crippen molar-refractivity contribution in [1.29, 1.82) is 0 Å². The summed E-state index contributed by atoms with van der Waals surface area (Å²) in [5, 5.41) is 3.25. The standard InChI is InChI=1S/C14H22N2O2/c1-13(2)10-3-4-14(13,11(17)9-10)12(18)16-7-5-15-6-8-16/h10,15H,3-9H2,1-2H3/t10-,14+/m1/s1. The van der Waals surface area contributed by atoms with E-state index in [0.29, 0.717) is 12.3 Å². The first kappa shape index (κ1) is 12.2. The number of Topliss-reactive ketones (excluding diaryl/α,β-unsaturated/α-hetero) is 1. The van der Waals surface area contributed by atoms with Crippen LogP contribution in [0, 0.1) is 16.7 Å². The van der Waals surface area contributed by atoms with Gasteiger partial charge in [0.25, 0.3) is 0 Å². The Kier molecular flexibility index (Phi) is 2.56. The highest BCUT2D eigenvalue weighted by Crippen LogP contribution is 2.64. The molecule has 3 aliphatic rings. The first-order valence-corrected chi connectivity index (χ1v) is 7.03. The van der Waals surface area contributed by atoms with E-state index in [0.717, 1.165) is 39.0 Å². The zero-order valence-corrected chi connectivity index (χ0v) is 11.3. The average Bonchev–Trinajstić information content (AvgIpc) is 2.73. The number of carbonyl (C=O) groups excluding carboxylic acids is 2. The van der Waals surface area contributed by atoms with Crippen LogP contribution in [0.4, 0.5) is 0 Å². The van der Waals surface area contributed by atoms with Gasteiger partial charge in [-0.3, -0.25) is 9.59 Å². The molecule has 2 bridgehead atoms. The number of hydrogen-bond acceptors (Lipinski definition) is 3. The predicted octanol–water partition coefficient (Wildman–Crippen LogP) is 0.814. The van der Waals surface area contributed by atoms with Crippen molar-refractivity contribution in [3.63, 3.8) is 0 Å². The van der Waals surface area contributed by atoms with Gasteiger partial charge in [-0.1, -0.05) is 13.8 Å². The molecule has 1 amide bonds. The van der Waals surface area contributed by atoms with Crippen LogP contribution in [0.2, 0.25) is 0 Å². The van der Waals surface area contributed by atoms with Gasteiger partial charge in [0.15, 0.2) is 0 Å². The van der Waals surface area contributed by atoms with Gasteiger partial charge in [0.2, 0.25) is 5.91 Å². The van der Waals surface area contributed by atoms with Gasteiger partial charge >= 0.3 is 0 Å². The van der Waals surface area contributed by atoms with Crippen molar-refractivity contribution in [2.45, 2.75) is 33.1 Å². The molecule has 0 spiro atoms. The number of rotatable bonds is 1. The maximum atomic E-state index is 12.9. The van der Waals surface area contributed by atoms with E-state index in [1.54, 1.807) is 0 Å². The van der Waals surface area contributed by atoms with Crippen LogP contribution in [0.15, 0.2) is 0 Å². The Morgan fingerprint density at radius 3 is 2.50 bits per heavy atom. The average molecular weight is 250 g/mol. The minimum Gasteiger partial charge on any atom is -0.339 e. The van der Waals surface area contributed by atoms with E-state index in [1.165, 1.54) is 0 Å². The lowest BCUT2D eigenvalue weighted by atomic mass is 9.68. The Bertz CT molecular complexity index is 399. The van der Waals surface area contributed by atoms with Crippen molar-refractivity contribution in [2.75, 3.05) is 26.2 Å². The van der Waals surface area contributed by atoms with Crippen LogP contribution >= 0.6 is 0 Å². The Morgan fingerprint density at radius 2 is 2.00 bits per heavy atom. The molecule has 4 heteroatoms. The molecule has 2 atom stereocenters. The summed E-state index contributed by atoms with van der Waals surface area (Å²) in [7, 11) is 0. The monoisotopic (exact) mass is 250 g/mol. The fourth-order valence-electron chi connectivity index (χ4n) is 4.32. The fourth-order valence-corrected chi connectivity index (χ4v) is 4.32. The summed E-state index contributed by atoms with van der Waals surface area (Å²) in [4.78, 5) is 27.2. The normalized spacial score (nSPS) is 38.2. The van der Waals surface area contributed by atoms with Gasteiger partial charge in [-0.05, 0) is 24.2 Å². The van der Waals surface area contributed by atoms with Crippen LogP contribution in [-0.2, 0) is 9.59 Å². The third-order valence-corrected chi connectivity index (χ3v) is 5.67. The molecule has 100 valence electrons. The van der Waals surface area contributed by atoms with E-state index in [-0.39, 0.29) is 17.1 Å². The third kappa shape index (κ3) is 1.30. The number of fused-ring (bicyclic) bond motifs is 2. The van der Waals surface area contributed by atoms with Crippen LogP contribution in [0.3, 0.4) is 0 Å². The minimum atomic E-state index is -0.699. The second-order valence-electron chi connectivity index (χ2n) is 6.53. The van der Waals surface area contributed by atoms with Crippen LogP contribution in [0.1, 0.15) is 33.1 Å². The number of hydrogen-bond donors (Lipinski definition) is 1. The number of nitrogens with zero attached hydrogens (tertiary/aromatic N) is 1. The van der Waals surface area contributed by atoms with E-state index in [2.05, 4.69) is 19.2 Å². The lowest BCUT2D eigenvalue weighted by molar-refractivity contribution is -0.153. The van der Waals surface area contributed by atoms with Gasteiger partial charge < -0.3 is 10.2 Å². The van der Waals surface area contributed by atoms with Crippen molar-refractivity contribution >= 4 is 11.7 Å². The maximum absolute atomic E-state index is 12.9. The number of nitrogens with one attached hydrogen (secondary N) is 1. The van der Waals surface area contributed by atoms with Crippen molar-refractivity contribution in [2.24, 2.45) is 16.7 Å². The molecule has 1 heterocycles. The van der Waals surface area contributed by atoms with E-state index in [1.807, 2.05) is 4.90 Å². The van der Waals surface area contributed by atoms with Crippen molar-refractivity contribution in [1.82, 2.24) is 10.2 Å². The number of carbonyl (C=O) groups is 2. The SMILES string of the molecule is CC1(C)[C@@H]2CC[C@@]1(C(=O)N1CCNCC1)C(=O)C2. The highest BCUT2D eigenvalue weighted by Gasteiger charge is 2.68. The Morgan fingerprint density at radius 1 is 1.33 bits per heavy atom. The molecular formula is C14H22N2O2. The van der Waals surface area contributed by atoms with Gasteiger partial charge in [0.05, 0.1) is 0 Å². The highest BCUT2D eigenvalue weighted by atomic mass is 16.2. The van der Waals surface area contributed by atoms with E-state index in [4.69, 9.17) is 0 Å². The Hall–Kier alpha value is -0.900. The predicted molar refractivity (Wildman–Crippen MR) is 68.0 cm³/mol. The molecule has 3 fully saturated rings. The number of piperazine rings is 1. The summed E-state index contributed by atoms with van der Waals surface area (Å²) >= 11 is 0. The molecule has 2 saturated carbocycles. The molecule has 0 aromatic rings. The molecule has 0 unspecified atom stereocenters. The van der Waals surface area contributed by atoms with Gasteiger partial charge in [0, 0.05) is 32.6 Å². The fraction of sp³-hybridized carbons (Fsp3) is 0.857. The first-order chi connectivity index (χ1) is 8.50. The maximum Gasteiger partial charge on any atom is 0.236 e. The summed E-state index contributed by atoms with van der Waals surface area (Å²) in [6.07, 6.45) is 2.42. The summed E-state index contributed by atoms with van der Waals surface area (Å²) in [6.45, 7) is 7.42. The molecule has 1 aliphatic heterocycles. The lowest BCUT2D eigenvalue weighted by Gasteiger charge is -2.40. The Labute approximate surface area is 108 Å². The van der Waals surface area contributed by atoms with Gasteiger partial charge in [-0.25, -0.2) is 0 Å². The zero-order valence-electron chi connectivity index (χ0n) is 11.3. The van der Waals surface area contributed by atoms with Gasteiger partial charge in [0.1, 0.15) is 11.2 Å². The van der Waals surface area contributed by atoms with E-state index >= 15 is 0 Å². The number of ketones is 1. The van der Waals surface area contributed by atoms with Crippen molar-refractivity contribution < 1.29 is 9.59 Å². The molecular weight excluding hydrogens is 228 g/mol. The molecule has 1 saturated heterocycles. The largest absolute Gasteiger partial charge is 0.339 e. The van der Waals surface area contributed by atoms with Crippen LogP contribution < -0.4 is 5.32 Å². The lowest BCUT2D eigenvalue weighted by Crippen LogP contribution is -2.56. The third-order valence-electron chi connectivity index (χ3n) is 5.67. The second-order valence-corrected chi connectivity index (χ2v) is 6.53. The van der Waals surface area contributed by atoms with Gasteiger partial charge in [-0.2, -0.15) is 0 Å². The van der Waals surface area contributed by atoms with Crippen molar-refractivity contribution in [3.8, 4) is 0 Å². The zero-order chi connectivity index (χ0) is 13.0. The van der Waals surface area contributed by atoms with Crippen LogP contribution in [-0.4, -0.2) is 42.8 Å². The smallest absolute Gasteiger partial charge is 0.236 e. The first-order valence-electron chi connectivity index (χ1n) is 7.03. The molecule has 2 aliphatic carbocycles. The molecule has 4 nitrogen and oxygen atoms in total. The molecule has 1 N–H and O–H groups in total. The second kappa shape index (κ2) is 3.80. The number of amides is 1. The summed E-state index contributed by atoms with van der Waals surface area (Å²) in [5.41, 5.74) is -0.846. The topological polar surface area (TPSA) is 49.4 Å². The summed E-state index contributed by atoms with van der Waals surface area (Å²) < 4.78 is 0. The van der Waals surface area contributed by atoms with Crippen LogP contribution in [0.25, 0.3) is 0 Å². The van der Waals surface area contributed by atoms with E-state index in [9.17, 15) is 9.59 Å². The van der Waals surface area contributed by atoms with E-state index < -0.39 is 5.41 Å². The van der Waals surface area contributed by atoms with Crippen LogP contribution in [0.5, 0.6) is 0 Å². The van der Waals surface area contributed by atoms with Crippen molar-refractivity contribution in [3.05, 3.63) is 0 Å². The molecule has 0 radical (unpaired) electrons. The minimum absolute atomic E-state index is 0.110. The van der Waals surface area contributed by atoms with Gasteiger partial charge in [-0.15, -0.1) is 0 Å². The quantitative estimate of drug-likeness (QED) is 0.701. The molecule has 0 aromatic carbocycles. The molecule has 18 heavy (non-hydrogen) atoms. The molecule has 0 aromatic heterocycles. The molecule has 3 rings (SSSR count). The summed E-state index contributed by atoms with van der Waals surface area (Å²) in [5.74, 6) is 0.725. The summed E-state index contributed by atoms with van der Waals surface area (Å²) in [6, 6.07) is 0. The highest BCUT2D eigenvalue weighted by molar-refractivity contribution is 6.09.